The van der Waals surface area contributed by atoms with Crippen LogP contribution < -0.4 is 0 Å². The number of ketones is 1. The number of carbonyl (C=O) groups is 3. The normalized spacial score (nSPS) is 10.9. The minimum absolute atomic E-state index is 0.112. The van der Waals surface area contributed by atoms with Gasteiger partial charge in [0.1, 0.15) is 0 Å². The van der Waals surface area contributed by atoms with Gasteiger partial charge in [-0.25, -0.2) is 9.59 Å². The Hall–Kier alpha value is -2.65. The third-order valence-corrected chi connectivity index (χ3v) is 4.33. The van der Waals surface area contributed by atoms with Crippen LogP contribution in [0.3, 0.4) is 0 Å². The lowest BCUT2D eigenvalue weighted by molar-refractivity contribution is -0.128. The summed E-state index contributed by atoms with van der Waals surface area (Å²) in [5.74, 6) is -2.25. The molecule has 24 heavy (non-hydrogen) atoms. The molecular formula is C18H16O5P+. The number of carbonyl (C=O) groups excluding carboxylic acids is 3. The van der Waals surface area contributed by atoms with E-state index in [9.17, 15) is 18.9 Å². The molecule has 0 aliphatic rings. The molecule has 6 heteroatoms. The number of aryl methyl sites for hydroxylation is 3. The van der Waals surface area contributed by atoms with Crippen molar-refractivity contribution in [3.63, 3.8) is 0 Å². The molecule has 0 amide bonds. The topological polar surface area (TPSA) is 77.5 Å². The smallest absolute Gasteiger partial charge is 0.281 e. The number of Topliss-reactive ketones (excluding diaryl/α,β-unsaturated/α-hetero) is 1. The first-order valence-electron chi connectivity index (χ1n) is 7.22. The van der Waals surface area contributed by atoms with E-state index in [1.165, 1.54) is 12.1 Å². The highest BCUT2D eigenvalue weighted by Gasteiger charge is 2.40. The summed E-state index contributed by atoms with van der Waals surface area (Å²) in [6, 6.07) is 11.3. The average Bonchev–Trinajstić information content (AvgIpc) is 2.53. The number of benzene rings is 2. The van der Waals surface area contributed by atoms with Gasteiger partial charge in [-0.2, -0.15) is 4.52 Å². The van der Waals surface area contributed by atoms with Crippen LogP contribution in [-0.4, -0.2) is 17.3 Å². The molecule has 0 aromatic heterocycles. The molecule has 0 aliphatic carbocycles. The van der Waals surface area contributed by atoms with Crippen LogP contribution in [0.4, 0.5) is 0 Å². The molecule has 0 fully saturated rings. The van der Waals surface area contributed by atoms with Gasteiger partial charge >= 0.3 is 19.5 Å². The molecule has 2 aromatic carbocycles. The molecule has 0 radical (unpaired) electrons. The Labute approximate surface area is 140 Å². The van der Waals surface area contributed by atoms with E-state index in [0.29, 0.717) is 11.1 Å². The Morgan fingerprint density at radius 3 is 2.00 bits per heavy atom. The van der Waals surface area contributed by atoms with E-state index in [2.05, 4.69) is 4.52 Å². The quantitative estimate of drug-likeness (QED) is 0.467. The van der Waals surface area contributed by atoms with Gasteiger partial charge in [0.25, 0.3) is 5.78 Å². The maximum atomic E-state index is 12.3. The van der Waals surface area contributed by atoms with E-state index in [0.717, 1.165) is 5.56 Å². The van der Waals surface area contributed by atoms with Crippen LogP contribution in [0.15, 0.2) is 42.5 Å². The van der Waals surface area contributed by atoms with Crippen LogP contribution in [0.5, 0.6) is 0 Å². The Kier molecular flexibility index (Phi) is 5.37. The minimum atomic E-state index is -2.98. The van der Waals surface area contributed by atoms with Crippen LogP contribution >= 0.6 is 8.03 Å². The zero-order valence-corrected chi connectivity index (χ0v) is 14.4. The Morgan fingerprint density at radius 2 is 1.46 bits per heavy atom. The molecule has 2 rings (SSSR count). The summed E-state index contributed by atoms with van der Waals surface area (Å²) < 4.78 is 16.7. The van der Waals surface area contributed by atoms with Gasteiger partial charge in [-0.1, -0.05) is 48.0 Å². The molecule has 0 bridgehead atoms. The van der Waals surface area contributed by atoms with Gasteiger partial charge in [0.05, 0.1) is 5.56 Å². The zero-order chi connectivity index (χ0) is 17.9. The zero-order valence-electron chi connectivity index (χ0n) is 13.5. The molecule has 0 spiro atoms. The van der Waals surface area contributed by atoms with Gasteiger partial charge < -0.3 is 0 Å². The fraction of sp³-hybridized carbons (Fsp3) is 0.167. The molecule has 1 atom stereocenters. The van der Waals surface area contributed by atoms with Gasteiger partial charge in [0.2, 0.25) is 0 Å². The lowest BCUT2D eigenvalue weighted by Crippen LogP contribution is -2.16. The van der Waals surface area contributed by atoms with Crippen LogP contribution in [-0.2, 0) is 13.9 Å². The van der Waals surface area contributed by atoms with E-state index in [4.69, 9.17) is 0 Å². The van der Waals surface area contributed by atoms with Crippen molar-refractivity contribution in [3.8, 4) is 0 Å². The van der Waals surface area contributed by atoms with Crippen molar-refractivity contribution in [1.82, 2.24) is 0 Å². The van der Waals surface area contributed by atoms with Crippen molar-refractivity contribution in [1.29, 1.82) is 0 Å². The summed E-state index contributed by atoms with van der Waals surface area (Å²) in [7, 11) is -2.98. The summed E-state index contributed by atoms with van der Waals surface area (Å²) in [5.41, 5.74) is 1.82. The second-order valence-corrected chi connectivity index (χ2v) is 6.51. The van der Waals surface area contributed by atoms with Crippen molar-refractivity contribution >= 4 is 25.3 Å². The summed E-state index contributed by atoms with van der Waals surface area (Å²) in [5, 5.41) is 0. The summed E-state index contributed by atoms with van der Waals surface area (Å²) in [6.45, 7) is 5.31. The number of hydrogen-bond donors (Lipinski definition) is 0. The second kappa shape index (κ2) is 7.28. The molecule has 2 aromatic rings. The van der Waals surface area contributed by atoms with Gasteiger partial charge in [0, 0.05) is 5.56 Å². The number of rotatable bonds is 5. The summed E-state index contributed by atoms with van der Waals surface area (Å²) in [4.78, 5) is 36.0. The molecule has 0 saturated carbocycles. The minimum Gasteiger partial charge on any atom is -0.281 e. The Balaban J connectivity index is 2.17. The molecule has 0 saturated heterocycles. The predicted octanol–water partition coefficient (Wildman–Crippen LogP) is 3.92. The molecule has 0 N–H and O–H groups in total. The fourth-order valence-corrected chi connectivity index (χ4v) is 3.33. The monoisotopic (exact) mass is 343 g/mol. The maximum Gasteiger partial charge on any atom is 0.645 e. The standard InChI is InChI=1S/C18H16O5P/c1-11-9-12(2)15(13(3)10-11)18(21)24(22)23-17(20)16(19)14-7-5-4-6-8-14/h4-10H,1-3H3/q+1. The van der Waals surface area contributed by atoms with E-state index in [1.54, 1.807) is 44.2 Å². The largest absolute Gasteiger partial charge is 0.645 e. The second-order valence-electron chi connectivity index (χ2n) is 5.41. The highest BCUT2D eigenvalue weighted by atomic mass is 31.1. The van der Waals surface area contributed by atoms with Crippen LogP contribution in [0.25, 0.3) is 0 Å². The Bertz CT molecular complexity index is 817. The predicted molar refractivity (Wildman–Crippen MR) is 89.5 cm³/mol. The summed E-state index contributed by atoms with van der Waals surface area (Å²) >= 11 is 0. The van der Waals surface area contributed by atoms with E-state index < -0.39 is 25.3 Å². The lowest BCUT2D eigenvalue weighted by atomic mass is 10.0. The average molecular weight is 343 g/mol. The molecule has 0 aliphatic heterocycles. The summed E-state index contributed by atoms with van der Waals surface area (Å²) in [6.07, 6.45) is 0. The molecule has 1 unspecified atom stereocenters. The first-order chi connectivity index (χ1) is 11.3. The van der Waals surface area contributed by atoms with Crippen LogP contribution in [0.1, 0.15) is 37.4 Å². The van der Waals surface area contributed by atoms with Crippen LogP contribution in [0.2, 0.25) is 0 Å². The van der Waals surface area contributed by atoms with Crippen molar-refractivity contribution < 1.29 is 23.5 Å². The SMILES string of the molecule is Cc1cc(C)c(C(=O)[P+](=O)OC(=O)C(=O)c2ccccc2)c(C)c1. The van der Waals surface area contributed by atoms with Crippen molar-refractivity contribution in [2.24, 2.45) is 0 Å². The highest BCUT2D eigenvalue weighted by Crippen LogP contribution is 2.32. The first-order valence-corrected chi connectivity index (χ1v) is 8.40. The third-order valence-electron chi connectivity index (χ3n) is 3.44. The van der Waals surface area contributed by atoms with Crippen molar-refractivity contribution in [2.75, 3.05) is 0 Å². The van der Waals surface area contributed by atoms with E-state index >= 15 is 0 Å². The third kappa shape index (κ3) is 3.81. The van der Waals surface area contributed by atoms with E-state index in [1.807, 2.05) is 6.92 Å². The molecule has 122 valence electrons. The lowest BCUT2D eigenvalue weighted by Gasteiger charge is -2.04. The fourth-order valence-electron chi connectivity index (χ4n) is 2.47. The van der Waals surface area contributed by atoms with Crippen LogP contribution in [0, 0.1) is 20.8 Å². The molecular weight excluding hydrogens is 327 g/mol. The van der Waals surface area contributed by atoms with Crippen molar-refractivity contribution in [2.45, 2.75) is 20.8 Å². The first kappa shape index (κ1) is 17.7. The van der Waals surface area contributed by atoms with Gasteiger partial charge in [-0.3, -0.25) is 4.79 Å². The Morgan fingerprint density at radius 1 is 0.917 bits per heavy atom. The highest BCUT2D eigenvalue weighted by molar-refractivity contribution is 7.60. The van der Waals surface area contributed by atoms with Gasteiger partial charge in [0.15, 0.2) is 0 Å². The van der Waals surface area contributed by atoms with Crippen molar-refractivity contribution in [3.05, 3.63) is 70.3 Å². The van der Waals surface area contributed by atoms with E-state index in [-0.39, 0.29) is 11.1 Å². The van der Waals surface area contributed by atoms with Gasteiger partial charge in [-0.05, 0) is 36.5 Å². The number of hydrogen-bond acceptors (Lipinski definition) is 5. The van der Waals surface area contributed by atoms with Gasteiger partial charge in [-0.15, -0.1) is 0 Å². The molecule has 5 nitrogen and oxygen atoms in total. The maximum absolute atomic E-state index is 12.3. The molecule has 0 heterocycles.